The summed E-state index contributed by atoms with van der Waals surface area (Å²) < 4.78 is 15.3. The highest BCUT2D eigenvalue weighted by atomic mass is 19.1. The Morgan fingerprint density at radius 2 is 2.15 bits per heavy atom. The zero-order valence-electron chi connectivity index (χ0n) is 12.2. The molecule has 1 atom stereocenters. The van der Waals surface area contributed by atoms with E-state index in [0.717, 1.165) is 28.9 Å². The van der Waals surface area contributed by atoms with E-state index in [9.17, 15) is 4.39 Å². The number of hydrazine groups is 1. The van der Waals surface area contributed by atoms with E-state index in [1.54, 1.807) is 6.07 Å². The van der Waals surface area contributed by atoms with E-state index in [0.29, 0.717) is 6.42 Å². The molecule has 0 aliphatic rings. The number of aromatic nitrogens is 2. The molecule has 0 radical (unpaired) electrons. The Kier molecular flexibility index (Phi) is 4.52. The zero-order chi connectivity index (χ0) is 14.7. The minimum atomic E-state index is -0.245. The fourth-order valence-electron chi connectivity index (χ4n) is 2.39. The molecule has 3 N–H and O–H groups in total. The van der Waals surface area contributed by atoms with Gasteiger partial charge in [-0.3, -0.25) is 16.0 Å². The highest BCUT2D eigenvalue weighted by molar-refractivity contribution is 5.30. The van der Waals surface area contributed by atoms with Crippen LogP contribution in [0.15, 0.2) is 24.3 Å². The van der Waals surface area contributed by atoms with Gasteiger partial charge in [0.15, 0.2) is 0 Å². The van der Waals surface area contributed by atoms with Gasteiger partial charge in [0.25, 0.3) is 0 Å². The van der Waals surface area contributed by atoms with Crippen LogP contribution in [-0.2, 0) is 19.9 Å². The molecule has 0 saturated carbocycles. The number of nitrogens with two attached hydrogens (primary N) is 1. The Morgan fingerprint density at radius 1 is 1.40 bits per heavy atom. The lowest BCUT2D eigenvalue weighted by Gasteiger charge is -2.18. The lowest BCUT2D eigenvalue weighted by Crippen LogP contribution is -2.30. The second-order valence-electron chi connectivity index (χ2n) is 5.03. The third kappa shape index (κ3) is 3.05. The van der Waals surface area contributed by atoms with Crippen LogP contribution in [-0.4, -0.2) is 9.78 Å². The zero-order valence-corrected chi connectivity index (χ0v) is 12.2. The summed E-state index contributed by atoms with van der Waals surface area (Å²) in [5.41, 5.74) is 6.81. The Morgan fingerprint density at radius 3 is 2.75 bits per heavy atom. The highest BCUT2D eigenvalue weighted by Gasteiger charge is 2.16. The molecule has 1 heterocycles. The van der Waals surface area contributed by atoms with Crippen molar-refractivity contribution in [2.75, 3.05) is 0 Å². The second kappa shape index (κ2) is 6.15. The smallest absolute Gasteiger partial charge is 0.123 e. The molecule has 2 aromatic rings. The van der Waals surface area contributed by atoms with Crippen molar-refractivity contribution in [1.82, 2.24) is 15.2 Å². The second-order valence-corrected chi connectivity index (χ2v) is 5.03. The average Bonchev–Trinajstić information content (AvgIpc) is 2.79. The largest absolute Gasteiger partial charge is 0.272 e. The fraction of sp³-hybridized carbons (Fsp3) is 0.400. The van der Waals surface area contributed by atoms with E-state index in [4.69, 9.17) is 5.84 Å². The number of rotatable bonds is 5. The van der Waals surface area contributed by atoms with Gasteiger partial charge in [0.1, 0.15) is 5.82 Å². The maximum atomic E-state index is 13.4. The molecular weight excluding hydrogens is 255 g/mol. The molecule has 0 fully saturated rings. The van der Waals surface area contributed by atoms with Crippen molar-refractivity contribution in [1.29, 1.82) is 0 Å². The van der Waals surface area contributed by atoms with Crippen molar-refractivity contribution in [3.05, 3.63) is 52.6 Å². The van der Waals surface area contributed by atoms with Gasteiger partial charge in [0, 0.05) is 19.2 Å². The van der Waals surface area contributed by atoms with Crippen molar-refractivity contribution in [2.45, 2.75) is 32.7 Å². The van der Waals surface area contributed by atoms with Crippen LogP contribution < -0.4 is 11.3 Å². The molecule has 0 spiro atoms. The van der Waals surface area contributed by atoms with Gasteiger partial charge < -0.3 is 0 Å². The Balaban J connectivity index is 2.28. The van der Waals surface area contributed by atoms with Crippen LogP contribution >= 0.6 is 0 Å². The fourth-order valence-corrected chi connectivity index (χ4v) is 2.39. The first-order valence-corrected chi connectivity index (χ1v) is 6.79. The molecule has 1 unspecified atom stereocenters. The summed E-state index contributed by atoms with van der Waals surface area (Å²) in [6.07, 6.45) is 1.57. The third-order valence-electron chi connectivity index (χ3n) is 3.62. The van der Waals surface area contributed by atoms with Gasteiger partial charge in [-0.05, 0) is 42.7 Å². The topological polar surface area (TPSA) is 55.9 Å². The standard InChI is InChI=1S/C15H21FN4/c1-4-12-8-13(20(3)19-12)9-15(18-17)14-7-11(16)6-5-10(14)2/h5-8,15,18H,4,9,17H2,1-3H3. The summed E-state index contributed by atoms with van der Waals surface area (Å²) in [6.45, 7) is 4.03. The molecule has 4 nitrogen and oxygen atoms in total. The number of hydrogen-bond donors (Lipinski definition) is 2. The third-order valence-corrected chi connectivity index (χ3v) is 3.62. The quantitative estimate of drug-likeness (QED) is 0.650. The molecule has 1 aromatic carbocycles. The van der Waals surface area contributed by atoms with Crippen LogP contribution in [0.5, 0.6) is 0 Å². The highest BCUT2D eigenvalue weighted by Crippen LogP contribution is 2.22. The first kappa shape index (κ1) is 14.7. The molecule has 0 bridgehead atoms. The van der Waals surface area contributed by atoms with Gasteiger partial charge >= 0.3 is 0 Å². The first-order valence-electron chi connectivity index (χ1n) is 6.79. The molecule has 20 heavy (non-hydrogen) atoms. The molecule has 1 aromatic heterocycles. The van der Waals surface area contributed by atoms with E-state index >= 15 is 0 Å². The Labute approximate surface area is 118 Å². The van der Waals surface area contributed by atoms with Crippen molar-refractivity contribution >= 4 is 0 Å². The van der Waals surface area contributed by atoms with E-state index < -0.39 is 0 Å². The summed E-state index contributed by atoms with van der Waals surface area (Å²) in [4.78, 5) is 0. The number of nitrogens with one attached hydrogen (secondary N) is 1. The molecular formula is C15H21FN4. The maximum absolute atomic E-state index is 13.4. The summed E-state index contributed by atoms with van der Waals surface area (Å²) in [6, 6.07) is 6.71. The predicted octanol–water partition coefficient (Wildman–Crippen LogP) is 2.18. The van der Waals surface area contributed by atoms with Crippen LogP contribution in [0.1, 0.15) is 35.5 Å². The summed E-state index contributed by atoms with van der Waals surface area (Å²) in [5.74, 6) is 5.41. The summed E-state index contributed by atoms with van der Waals surface area (Å²) >= 11 is 0. The number of hydrogen-bond acceptors (Lipinski definition) is 3. The molecule has 0 aliphatic heterocycles. The average molecular weight is 276 g/mol. The van der Waals surface area contributed by atoms with E-state index in [1.807, 2.05) is 18.7 Å². The van der Waals surface area contributed by atoms with E-state index in [2.05, 4.69) is 23.5 Å². The molecule has 0 amide bonds. The van der Waals surface area contributed by atoms with Crippen molar-refractivity contribution in [3.8, 4) is 0 Å². The van der Waals surface area contributed by atoms with Gasteiger partial charge in [-0.2, -0.15) is 5.10 Å². The normalized spacial score (nSPS) is 12.7. The van der Waals surface area contributed by atoms with Gasteiger partial charge in [-0.1, -0.05) is 13.0 Å². The van der Waals surface area contributed by atoms with E-state index in [1.165, 1.54) is 12.1 Å². The Hall–Kier alpha value is -1.72. The lowest BCUT2D eigenvalue weighted by atomic mass is 9.97. The first-order chi connectivity index (χ1) is 9.55. The van der Waals surface area contributed by atoms with Crippen molar-refractivity contribution < 1.29 is 4.39 Å². The van der Waals surface area contributed by atoms with Gasteiger partial charge in [0.2, 0.25) is 0 Å². The van der Waals surface area contributed by atoms with Crippen LogP contribution in [0.25, 0.3) is 0 Å². The number of benzene rings is 1. The van der Waals surface area contributed by atoms with Crippen LogP contribution in [0.3, 0.4) is 0 Å². The summed E-state index contributed by atoms with van der Waals surface area (Å²) in [5, 5.41) is 4.42. The van der Waals surface area contributed by atoms with Gasteiger partial charge in [-0.25, -0.2) is 4.39 Å². The lowest BCUT2D eigenvalue weighted by molar-refractivity contribution is 0.522. The number of nitrogens with zero attached hydrogens (tertiary/aromatic N) is 2. The van der Waals surface area contributed by atoms with Crippen molar-refractivity contribution in [3.63, 3.8) is 0 Å². The minimum Gasteiger partial charge on any atom is -0.272 e. The van der Waals surface area contributed by atoms with Crippen LogP contribution in [0.4, 0.5) is 4.39 Å². The molecule has 5 heteroatoms. The van der Waals surface area contributed by atoms with Gasteiger partial charge in [-0.15, -0.1) is 0 Å². The monoisotopic (exact) mass is 276 g/mol. The van der Waals surface area contributed by atoms with Crippen molar-refractivity contribution in [2.24, 2.45) is 12.9 Å². The minimum absolute atomic E-state index is 0.134. The maximum Gasteiger partial charge on any atom is 0.123 e. The SMILES string of the molecule is CCc1cc(CC(NN)c2cc(F)ccc2C)n(C)n1. The Bertz CT molecular complexity index is 592. The molecule has 0 saturated heterocycles. The number of aryl methyl sites for hydroxylation is 3. The summed E-state index contributed by atoms with van der Waals surface area (Å²) in [7, 11) is 1.92. The van der Waals surface area contributed by atoms with Crippen LogP contribution in [0.2, 0.25) is 0 Å². The molecule has 108 valence electrons. The van der Waals surface area contributed by atoms with Crippen LogP contribution in [0, 0.1) is 12.7 Å². The number of halogens is 1. The van der Waals surface area contributed by atoms with E-state index in [-0.39, 0.29) is 11.9 Å². The van der Waals surface area contributed by atoms with Gasteiger partial charge in [0.05, 0.1) is 11.7 Å². The molecule has 2 rings (SSSR count). The predicted molar refractivity (Wildman–Crippen MR) is 77.5 cm³/mol. The molecule has 0 aliphatic carbocycles.